The lowest BCUT2D eigenvalue weighted by Crippen LogP contribution is -2.43. The lowest BCUT2D eigenvalue weighted by atomic mass is 9.69. The number of carbonyl (C=O) groups is 3. The smallest absolute Gasteiger partial charge is 0.336 e. The molecule has 0 unspecified atom stereocenters. The second-order valence-corrected chi connectivity index (χ2v) is 7.85. The molecule has 0 spiro atoms. The topological polar surface area (TPSA) is 81.7 Å². The molecule has 0 fully saturated rings. The van der Waals surface area contributed by atoms with Gasteiger partial charge in [0.1, 0.15) is 5.92 Å². The number of hydrogen-bond donors (Lipinski definition) is 1. The van der Waals surface area contributed by atoms with E-state index in [0.29, 0.717) is 23.3 Å². The summed E-state index contributed by atoms with van der Waals surface area (Å²) in [4.78, 5) is 38.8. The van der Waals surface area contributed by atoms with E-state index in [9.17, 15) is 14.4 Å². The van der Waals surface area contributed by atoms with Gasteiger partial charge in [-0.3, -0.25) is 9.59 Å². The second-order valence-electron chi connectivity index (χ2n) is 7.85. The molecule has 3 rings (SSSR count). The Hall–Kier alpha value is -2.89. The zero-order chi connectivity index (χ0) is 22.0. The number of methoxy groups -OCH3 is 1. The Balaban J connectivity index is 2.17. The number of allylic oxidation sites excluding steroid dienone is 3. The van der Waals surface area contributed by atoms with E-state index in [0.717, 1.165) is 23.2 Å². The Morgan fingerprint density at radius 3 is 2.40 bits per heavy atom. The highest BCUT2D eigenvalue weighted by atomic mass is 16.5. The number of hydrogen-bond acceptors (Lipinski definition) is 6. The highest BCUT2D eigenvalue weighted by Gasteiger charge is 2.47. The summed E-state index contributed by atoms with van der Waals surface area (Å²) in [5.41, 5.74) is 4.30. The molecule has 1 heterocycles. The highest BCUT2D eigenvalue weighted by molar-refractivity contribution is 6.12. The lowest BCUT2D eigenvalue weighted by molar-refractivity contribution is -0.151. The third kappa shape index (κ3) is 3.78. The van der Waals surface area contributed by atoms with Crippen LogP contribution < -0.4 is 5.32 Å². The number of aryl methyl sites for hydroxylation is 1. The molecule has 6 heteroatoms. The lowest BCUT2D eigenvalue weighted by Gasteiger charge is -2.38. The Kier molecular flexibility index (Phi) is 6.44. The van der Waals surface area contributed by atoms with Crippen LogP contribution in [0, 0.1) is 11.8 Å². The fraction of sp³-hybridized carbons (Fsp3) is 0.458. The summed E-state index contributed by atoms with van der Waals surface area (Å²) in [5, 5.41) is 3.25. The SMILES string of the molecule is CCOC(=O)C1=C(C)NC2=C(C(=O)[C@H](C(=O)OC)[C@H](C)C2)[C@H]1c1ccc(CC)cc1. The van der Waals surface area contributed by atoms with E-state index in [-0.39, 0.29) is 18.3 Å². The van der Waals surface area contributed by atoms with E-state index in [1.165, 1.54) is 7.11 Å². The van der Waals surface area contributed by atoms with Crippen LogP contribution in [0.1, 0.15) is 51.2 Å². The molecule has 1 aromatic rings. The number of benzene rings is 1. The average Bonchev–Trinajstić information content (AvgIpc) is 2.72. The van der Waals surface area contributed by atoms with Gasteiger partial charge in [-0.25, -0.2) is 4.79 Å². The van der Waals surface area contributed by atoms with E-state index in [2.05, 4.69) is 12.2 Å². The molecule has 30 heavy (non-hydrogen) atoms. The van der Waals surface area contributed by atoms with Crippen molar-refractivity contribution in [1.29, 1.82) is 0 Å². The number of ether oxygens (including phenoxy) is 2. The van der Waals surface area contributed by atoms with Crippen molar-refractivity contribution in [3.63, 3.8) is 0 Å². The van der Waals surface area contributed by atoms with Crippen LogP contribution in [0.4, 0.5) is 0 Å². The molecule has 0 aromatic heterocycles. The quantitative estimate of drug-likeness (QED) is 0.591. The number of esters is 2. The van der Waals surface area contributed by atoms with Gasteiger partial charge in [-0.05, 0) is 43.7 Å². The zero-order valence-electron chi connectivity index (χ0n) is 18.2. The van der Waals surface area contributed by atoms with Crippen molar-refractivity contribution >= 4 is 17.7 Å². The van der Waals surface area contributed by atoms with Crippen LogP contribution >= 0.6 is 0 Å². The summed E-state index contributed by atoms with van der Waals surface area (Å²) < 4.78 is 10.2. The molecule has 160 valence electrons. The Morgan fingerprint density at radius 2 is 1.83 bits per heavy atom. The van der Waals surface area contributed by atoms with Crippen LogP contribution in [-0.2, 0) is 30.3 Å². The maximum atomic E-state index is 13.5. The molecular formula is C24H29NO5. The standard InChI is InChI=1S/C24H29NO5/c1-6-15-8-10-16(11-9-15)20-19(24(28)30-7-2)14(4)25-17-12-13(3)18(23(27)29-5)22(26)21(17)20/h8-11,13,18,20,25H,6-7,12H2,1-5H3/t13-,18-,20+/m1/s1. The summed E-state index contributed by atoms with van der Waals surface area (Å²) >= 11 is 0. The summed E-state index contributed by atoms with van der Waals surface area (Å²) in [6.07, 6.45) is 1.42. The van der Waals surface area contributed by atoms with Crippen molar-refractivity contribution in [3.8, 4) is 0 Å². The molecule has 0 bridgehead atoms. The second kappa shape index (κ2) is 8.86. The normalized spacial score (nSPS) is 23.6. The van der Waals surface area contributed by atoms with Gasteiger partial charge in [-0.2, -0.15) is 0 Å². The Morgan fingerprint density at radius 1 is 1.17 bits per heavy atom. The van der Waals surface area contributed by atoms with Crippen LogP contribution in [0.3, 0.4) is 0 Å². The van der Waals surface area contributed by atoms with Crippen molar-refractivity contribution in [2.75, 3.05) is 13.7 Å². The van der Waals surface area contributed by atoms with Crippen molar-refractivity contribution in [1.82, 2.24) is 5.32 Å². The van der Waals surface area contributed by atoms with Gasteiger partial charge < -0.3 is 14.8 Å². The molecule has 3 atom stereocenters. The molecular weight excluding hydrogens is 382 g/mol. The summed E-state index contributed by atoms with van der Waals surface area (Å²) in [6.45, 7) is 7.75. The van der Waals surface area contributed by atoms with Gasteiger partial charge in [0.15, 0.2) is 5.78 Å². The largest absolute Gasteiger partial charge is 0.468 e. The van der Waals surface area contributed by atoms with Crippen molar-refractivity contribution < 1.29 is 23.9 Å². The van der Waals surface area contributed by atoms with Crippen molar-refractivity contribution in [2.45, 2.75) is 46.5 Å². The van der Waals surface area contributed by atoms with E-state index >= 15 is 0 Å². The molecule has 0 radical (unpaired) electrons. The number of Topliss-reactive ketones (excluding diaryl/α,β-unsaturated/α-hetero) is 1. The minimum Gasteiger partial charge on any atom is -0.468 e. The molecule has 0 saturated carbocycles. The number of dihydropyridines is 1. The number of carbonyl (C=O) groups excluding carboxylic acids is 3. The molecule has 0 saturated heterocycles. The molecule has 1 aliphatic carbocycles. The fourth-order valence-electron chi connectivity index (χ4n) is 4.44. The van der Waals surface area contributed by atoms with Crippen LogP contribution in [0.2, 0.25) is 0 Å². The molecule has 0 amide bonds. The number of rotatable bonds is 5. The van der Waals surface area contributed by atoms with Gasteiger partial charge in [-0.15, -0.1) is 0 Å². The minimum absolute atomic E-state index is 0.198. The van der Waals surface area contributed by atoms with Crippen LogP contribution in [0.5, 0.6) is 0 Å². The first-order valence-electron chi connectivity index (χ1n) is 10.4. The molecule has 6 nitrogen and oxygen atoms in total. The fourth-order valence-corrected chi connectivity index (χ4v) is 4.44. The van der Waals surface area contributed by atoms with Crippen LogP contribution in [0.25, 0.3) is 0 Å². The first kappa shape index (κ1) is 21.8. The first-order chi connectivity index (χ1) is 14.3. The summed E-state index contributed by atoms with van der Waals surface area (Å²) in [7, 11) is 1.29. The molecule has 1 aliphatic heterocycles. The van der Waals surface area contributed by atoms with E-state index in [1.807, 2.05) is 38.1 Å². The van der Waals surface area contributed by atoms with Crippen LogP contribution in [-0.4, -0.2) is 31.4 Å². The average molecular weight is 411 g/mol. The third-order valence-corrected chi connectivity index (χ3v) is 5.96. The Bertz CT molecular complexity index is 925. The Labute approximate surface area is 177 Å². The van der Waals surface area contributed by atoms with E-state index in [4.69, 9.17) is 9.47 Å². The van der Waals surface area contributed by atoms with Gasteiger partial charge in [0.2, 0.25) is 0 Å². The van der Waals surface area contributed by atoms with Gasteiger partial charge in [0.05, 0.1) is 19.3 Å². The van der Waals surface area contributed by atoms with E-state index in [1.54, 1.807) is 6.92 Å². The van der Waals surface area contributed by atoms with Gasteiger partial charge in [-0.1, -0.05) is 38.1 Å². The zero-order valence-corrected chi connectivity index (χ0v) is 18.2. The molecule has 1 N–H and O–H groups in total. The van der Waals surface area contributed by atoms with Gasteiger partial charge >= 0.3 is 11.9 Å². The predicted molar refractivity (Wildman–Crippen MR) is 112 cm³/mol. The maximum absolute atomic E-state index is 13.5. The monoisotopic (exact) mass is 411 g/mol. The number of nitrogens with one attached hydrogen (secondary N) is 1. The summed E-state index contributed by atoms with van der Waals surface area (Å²) in [5.74, 6) is -2.95. The first-order valence-corrected chi connectivity index (χ1v) is 10.4. The minimum atomic E-state index is -0.880. The van der Waals surface area contributed by atoms with Gasteiger partial charge in [0, 0.05) is 22.9 Å². The van der Waals surface area contributed by atoms with Crippen LogP contribution in [0.15, 0.2) is 46.8 Å². The van der Waals surface area contributed by atoms with Crippen molar-refractivity contribution in [2.24, 2.45) is 11.8 Å². The van der Waals surface area contributed by atoms with Gasteiger partial charge in [0.25, 0.3) is 0 Å². The highest BCUT2D eigenvalue weighted by Crippen LogP contribution is 2.45. The molecule has 2 aliphatic rings. The summed E-state index contributed by atoms with van der Waals surface area (Å²) in [6, 6.07) is 7.90. The van der Waals surface area contributed by atoms with E-state index < -0.39 is 23.8 Å². The maximum Gasteiger partial charge on any atom is 0.336 e. The number of ketones is 1. The van der Waals surface area contributed by atoms with Crippen molar-refractivity contribution in [3.05, 3.63) is 57.9 Å². The molecule has 1 aromatic carbocycles. The third-order valence-electron chi connectivity index (χ3n) is 5.96. The predicted octanol–water partition coefficient (Wildman–Crippen LogP) is 3.43.